The summed E-state index contributed by atoms with van der Waals surface area (Å²) in [5.74, 6) is -1.92. The molecule has 8 nitrogen and oxygen atoms in total. The van der Waals surface area contributed by atoms with E-state index in [1.165, 1.54) is 0 Å². The molecular formula is C30H24Cl2N2O6. The van der Waals surface area contributed by atoms with Gasteiger partial charge in [-0.25, -0.2) is 14.6 Å². The molecule has 2 heterocycles. The summed E-state index contributed by atoms with van der Waals surface area (Å²) in [6.45, 7) is 4.39. The van der Waals surface area contributed by atoms with Crippen molar-refractivity contribution >= 4 is 51.8 Å². The van der Waals surface area contributed by atoms with Crippen molar-refractivity contribution in [1.82, 2.24) is 4.98 Å². The number of carbonyl (C=O) groups is 2. The monoisotopic (exact) mass is 578 g/mol. The van der Waals surface area contributed by atoms with Crippen LogP contribution in [0, 0.1) is 11.8 Å². The molecule has 0 radical (unpaired) electrons. The molecule has 3 aromatic carbocycles. The van der Waals surface area contributed by atoms with E-state index in [4.69, 9.17) is 32.8 Å². The van der Waals surface area contributed by atoms with Gasteiger partial charge in [-0.15, -0.1) is 0 Å². The van der Waals surface area contributed by atoms with Crippen LogP contribution in [0.5, 0.6) is 5.75 Å². The SMILES string of the molecule is CC(C)C1ON=C(c2c(Cl)cccc2Cl)C1COc1ccc(-c2ccc3c(C(=O)O)cc(C(=O)O)nc3c2)cc1. The van der Waals surface area contributed by atoms with E-state index in [1.54, 1.807) is 36.4 Å². The summed E-state index contributed by atoms with van der Waals surface area (Å²) in [6, 6.07) is 18.8. The Balaban J connectivity index is 1.38. The lowest BCUT2D eigenvalue weighted by Gasteiger charge is -2.23. The molecule has 4 aromatic rings. The van der Waals surface area contributed by atoms with Crippen LogP contribution in [0.25, 0.3) is 22.0 Å². The van der Waals surface area contributed by atoms with Crippen LogP contribution in [0.1, 0.15) is 40.3 Å². The summed E-state index contributed by atoms with van der Waals surface area (Å²) in [5.41, 5.74) is 2.69. The highest BCUT2D eigenvalue weighted by atomic mass is 35.5. The number of pyridine rings is 1. The van der Waals surface area contributed by atoms with Gasteiger partial charge in [0.25, 0.3) is 0 Å². The highest BCUT2D eigenvalue weighted by Crippen LogP contribution is 2.35. The number of aromatic carboxylic acids is 2. The van der Waals surface area contributed by atoms with E-state index in [-0.39, 0.29) is 34.7 Å². The normalized spacial score (nSPS) is 16.6. The van der Waals surface area contributed by atoms with Crippen molar-refractivity contribution in [2.75, 3.05) is 6.61 Å². The standard InChI is InChI=1S/C30H24Cl2N2O6/c1-15(2)28-21(27(34-40-28)26-22(31)4-3-5-23(26)32)14-39-18-9-6-16(7-10-18)17-8-11-19-20(29(35)36)13-25(30(37)38)33-24(19)12-17/h3-13,15,21,28H,14H2,1-2H3,(H,35,36)(H,37,38). The van der Waals surface area contributed by atoms with Crippen LogP contribution >= 0.6 is 23.2 Å². The van der Waals surface area contributed by atoms with E-state index in [2.05, 4.69) is 24.0 Å². The number of halogens is 2. The Hall–Kier alpha value is -4.14. The fourth-order valence-electron chi connectivity index (χ4n) is 4.77. The number of aromatic nitrogens is 1. The molecule has 2 atom stereocenters. The second kappa shape index (κ2) is 11.2. The van der Waals surface area contributed by atoms with Gasteiger partial charge >= 0.3 is 11.9 Å². The fraction of sp³-hybridized carbons (Fsp3) is 0.200. The minimum atomic E-state index is -1.30. The Morgan fingerprint density at radius 2 is 1.62 bits per heavy atom. The van der Waals surface area contributed by atoms with E-state index >= 15 is 0 Å². The quantitative estimate of drug-likeness (QED) is 0.229. The lowest BCUT2D eigenvalue weighted by atomic mass is 9.87. The zero-order chi connectivity index (χ0) is 28.6. The third kappa shape index (κ3) is 5.33. The minimum absolute atomic E-state index is 0.116. The Morgan fingerprint density at radius 1 is 0.950 bits per heavy atom. The van der Waals surface area contributed by atoms with Crippen molar-refractivity contribution in [2.45, 2.75) is 20.0 Å². The lowest BCUT2D eigenvalue weighted by molar-refractivity contribution is 0.0178. The number of carboxylic acids is 2. The first kappa shape index (κ1) is 27.4. The molecule has 0 spiro atoms. The van der Waals surface area contributed by atoms with Crippen LogP contribution in [-0.2, 0) is 4.84 Å². The predicted octanol–water partition coefficient (Wildman–Crippen LogP) is 7.06. The number of nitrogens with zero attached hydrogens (tertiary/aromatic N) is 2. The summed E-state index contributed by atoms with van der Waals surface area (Å²) >= 11 is 12.9. The molecule has 0 bridgehead atoms. The number of carboxylic acid groups (broad SMARTS) is 2. The van der Waals surface area contributed by atoms with Gasteiger partial charge in [0.15, 0.2) is 0 Å². The third-order valence-corrected chi connectivity index (χ3v) is 7.40. The molecule has 1 aliphatic heterocycles. The number of fused-ring (bicyclic) bond motifs is 1. The Bertz CT molecular complexity index is 1630. The van der Waals surface area contributed by atoms with Gasteiger partial charge in [0, 0.05) is 10.9 Å². The van der Waals surface area contributed by atoms with Crippen LogP contribution in [0.4, 0.5) is 0 Å². The molecule has 2 unspecified atom stereocenters. The first-order valence-electron chi connectivity index (χ1n) is 12.5. The van der Waals surface area contributed by atoms with Gasteiger partial charge in [0.05, 0.1) is 27.0 Å². The largest absolute Gasteiger partial charge is 0.493 e. The maximum absolute atomic E-state index is 11.7. The molecule has 204 valence electrons. The highest BCUT2D eigenvalue weighted by Gasteiger charge is 2.39. The minimum Gasteiger partial charge on any atom is -0.493 e. The summed E-state index contributed by atoms with van der Waals surface area (Å²) in [5, 5.41) is 24.5. The molecule has 1 aromatic heterocycles. The number of ether oxygens (including phenoxy) is 1. The summed E-state index contributed by atoms with van der Waals surface area (Å²) in [7, 11) is 0. The van der Waals surface area contributed by atoms with Crippen LogP contribution in [-0.4, -0.2) is 45.6 Å². The van der Waals surface area contributed by atoms with Crippen molar-refractivity contribution in [3.8, 4) is 16.9 Å². The summed E-state index contributed by atoms with van der Waals surface area (Å²) in [4.78, 5) is 33.0. The summed E-state index contributed by atoms with van der Waals surface area (Å²) in [6.07, 6.45) is -0.210. The van der Waals surface area contributed by atoms with Gasteiger partial charge in [-0.1, -0.05) is 72.5 Å². The average molecular weight is 579 g/mol. The van der Waals surface area contributed by atoms with Gasteiger partial charge < -0.3 is 19.8 Å². The molecule has 0 aliphatic carbocycles. The second-order valence-corrected chi connectivity index (χ2v) is 10.5. The first-order chi connectivity index (χ1) is 19.1. The van der Waals surface area contributed by atoms with Crippen LogP contribution in [0.15, 0.2) is 71.9 Å². The molecule has 0 saturated carbocycles. The molecule has 5 rings (SSSR count). The van der Waals surface area contributed by atoms with E-state index in [0.29, 0.717) is 39.1 Å². The van der Waals surface area contributed by atoms with Crippen molar-refractivity contribution in [3.05, 3.63) is 93.6 Å². The number of hydrogen-bond donors (Lipinski definition) is 2. The Morgan fingerprint density at radius 3 is 2.25 bits per heavy atom. The fourth-order valence-corrected chi connectivity index (χ4v) is 5.36. The van der Waals surface area contributed by atoms with E-state index in [0.717, 1.165) is 17.2 Å². The Labute approximate surface area is 239 Å². The first-order valence-corrected chi connectivity index (χ1v) is 13.2. The van der Waals surface area contributed by atoms with Gasteiger partial charge in [-0.3, -0.25) is 0 Å². The molecule has 0 saturated heterocycles. The van der Waals surface area contributed by atoms with Crippen molar-refractivity contribution < 1.29 is 29.4 Å². The van der Waals surface area contributed by atoms with Crippen molar-refractivity contribution in [3.63, 3.8) is 0 Å². The number of hydrogen-bond acceptors (Lipinski definition) is 6. The molecule has 1 aliphatic rings. The molecule has 10 heteroatoms. The van der Waals surface area contributed by atoms with Gasteiger partial charge in [-0.05, 0) is 53.4 Å². The maximum atomic E-state index is 11.7. The number of rotatable bonds is 8. The number of benzene rings is 3. The van der Waals surface area contributed by atoms with E-state index in [9.17, 15) is 19.8 Å². The van der Waals surface area contributed by atoms with Crippen molar-refractivity contribution in [2.24, 2.45) is 17.0 Å². The zero-order valence-corrected chi connectivity index (χ0v) is 23.0. The lowest BCUT2D eigenvalue weighted by Crippen LogP contribution is -2.33. The van der Waals surface area contributed by atoms with E-state index in [1.807, 2.05) is 24.3 Å². The molecule has 0 amide bonds. The van der Waals surface area contributed by atoms with Crippen LogP contribution < -0.4 is 4.74 Å². The molecule has 0 fully saturated rings. The van der Waals surface area contributed by atoms with E-state index < -0.39 is 11.9 Å². The number of oxime groups is 1. The maximum Gasteiger partial charge on any atom is 0.354 e. The summed E-state index contributed by atoms with van der Waals surface area (Å²) < 4.78 is 6.16. The third-order valence-electron chi connectivity index (χ3n) is 6.77. The van der Waals surface area contributed by atoms with Crippen molar-refractivity contribution in [1.29, 1.82) is 0 Å². The predicted molar refractivity (Wildman–Crippen MR) is 153 cm³/mol. The molecular weight excluding hydrogens is 555 g/mol. The highest BCUT2D eigenvalue weighted by molar-refractivity contribution is 6.40. The van der Waals surface area contributed by atoms with Gasteiger partial charge in [0.2, 0.25) is 0 Å². The van der Waals surface area contributed by atoms with Gasteiger partial charge in [0.1, 0.15) is 29.9 Å². The van der Waals surface area contributed by atoms with Crippen LogP contribution in [0.2, 0.25) is 10.0 Å². The zero-order valence-electron chi connectivity index (χ0n) is 21.5. The molecule has 40 heavy (non-hydrogen) atoms. The topological polar surface area (TPSA) is 118 Å². The molecule has 2 N–H and O–H groups in total. The smallest absolute Gasteiger partial charge is 0.354 e. The second-order valence-electron chi connectivity index (χ2n) is 9.73. The average Bonchev–Trinajstić information content (AvgIpc) is 3.34. The Kier molecular flexibility index (Phi) is 7.65. The van der Waals surface area contributed by atoms with Gasteiger partial charge in [-0.2, -0.15) is 0 Å². The van der Waals surface area contributed by atoms with Crippen LogP contribution in [0.3, 0.4) is 0 Å².